The summed E-state index contributed by atoms with van der Waals surface area (Å²) < 4.78 is 18.0. The Morgan fingerprint density at radius 3 is 2.56 bits per heavy atom. The van der Waals surface area contributed by atoms with Crippen molar-refractivity contribution in [2.75, 3.05) is 25.3 Å². The second-order valence-electron chi connectivity index (χ2n) is 5.75. The van der Waals surface area contributed by atoms with E-state index in [0.717, 1.165) is 11.5 Å². The molecule has 2 N–H and O–H groups in total. The highest BCUT2D eigenvalue weighted by atomic mass is 32.2. The zero-order chi connectivity index (χ0) is 19.1. The Labute approximate surface area is 162 Å². The van der Waals surface area contributed by atoms with Gasteiger partial charge in [0.25, 0.3) is 0 Å². The second-order valence-corrected chi connectivity index (χ2v) is 6.81. The van der Waals surface area contributed by atoms with Crippen molar-refractivity contribution in [3.05, 3.63) is 59.9 Å². The fourth-order valence-electron chi connectivity index (χ4n) is 2.27. The number of aromatic nitrogens is 3. The van der Waals surface area contributed by atoms with Gasteiger partial charge in [-0.1, -0.05) is 35.5 Å². The SMILES string of the molecule is COc1cccc(OCc2nnc(SCCOc3ccc(C)cc3)n2N)c1. The van der Waals surface area contributed by atoms with Crippen molar-refractivity contribution in [1.29, 1.82) is 0 Å². The summed E-state index contributed by atoms with van der Waals surface area (Å²) in [5, 5.41) is 8.82. The summed E-state index contributed by atoms with van der Waals surface area (Å²) in [7, 11) is 1.61. The van der Waals surface area contributed by atoms with Gasteiger partial charge in [-0.3, -0.25) is 0 Å². The Balaban J connectivity index is 1.47. The first kappa shape index (κ1) is 18.9. The van der Waals surface area contributed by atoms with E-state index in [9.17, 15) is 0 Å². The predicted molar refractivity (Wildman–Crippen MR) is 105 cm³/mol. The fourth-order valence-corrected chi connectivity index (χ4v) is 2.96. The molecule has 3 rings (SSSR count). The van der Waals surface area contributed by atoms with E-state index in [1.807, 2.05) is 49.4 Å². The Bertz CT molecular complexity index is 868. The van der Waals surface area contributed by atoms with Gasteiger partial charge >= 0.3 is 0 Å². The maximum atomic E-state index is 6.06. The number of hydrogen-bond acceptors (Lipinski definition) is 7. The Morgan fingerprint density at radius 1 is 1.00 bits per heavy atom. The molecule has 2 aromatic carbocycles. The predicted octanol–water partition coefficient (Wildman–Crippen LogP) is 3.06. The highest BCUT2D eigenvalue weighted by Gasteiger charge is 2.11. The van der Waals surface area contributed by atoms with Crippen LogP contribution in [0.5, 0.6) is 17.2 Å². The van der Waals surface area contributed by atoms with Gasteiger partial charge in [0, 0.05) is 11.8 Å². The zero-order valence-corrected chi connectivity index (χ0v) is 16.1. The lowest BCUT2D eigenvalue weighted by atomic mass is 10.2. The van der Waals surface area contributed by atoms with Crippen LogP contribution in [0.2, 0.25) is 0 Å². The molecular formula is C19H22N4O3S. The van der Waals surface area contributed by atoms with Gasteiger partial charge in [0.05, 0.1) is 13.7 Å². The number of rotatable bonds is 9. The second kappa shape index (κ2) is 9.18. The average molecular weight is 386 g/mol. The van der Waals surface area contributed by atoms with Crippen molar-refractivity contribution >= 4 is 11.8 Å². The van der Waals surface area contributed by atoms with Gasteiger partial charge < -0.3 is 20.1 Å². The normalized spacial score (nSPS) is 10.6. The molecule has 0 fully saturated rings. The van der Waals surface area contributed by atoms with Crippen LogP contribution in [-0.2, 0) is 6.61 Å². The molecule has 1 heterocycles. The zero-order valence-electron chi connectivity index (χ0n) is 15.3. The van der Waals surface area contributed by atoms with E-state index < -0.39 is 0 Å². The maximum Gasteiger partial charge on any atom is 0.210 e. The Kier molecular flexibility index (Phi) is 6.43. The molecule has 27 heavy (non-hydrogen) atoms. The van der Waals surface area contributed by atoms with E-state index in [2.05, 4.69) is 10.2 Å². The van der Waals surface area contributed by atoms with Gasteiger partial charge in [0.2, 0.25) is 5.16 Å². The van der Waals surface area contributed by atoms with Crippen molar-refractivity contribution < 1.29 is 14.2 Å². The molecule has 0 spiro atoms. The monoisotopic (exact) mass is 386 g/mol. The molecule has 0 aliphatic heterocycles. The van der Waals surface area contributed by atoms with Gasteiger partial charge in [-0.2, -0.15) is 0 Å². The molecule has 8 heteroatoms. The smallest absolute Gasteiger partial charge is 0.210 e. The number of nitrogens with zero attached hydrogens (tertiary/aromatic N) is 3. The minimum Gasteiger partial charge on any atom is -0.497 e. The van der Waals surface area contributed by atoms with Gasteiger partial charge in [0.1, 0.15) is 23.9 Å². The number of benzene rings is 2. The Morgan fingerprint density at radius 2 is 1.78 bits per heavy atom. The van der Waals surface area contributed by atoms with Crippen molar-refractivity contribution in [3.63, 3.8) is 0 Å². The van der Waals surface area contributed by atoms with Gasteiger partial charge in [-0.05, 0) is 31.2 Å². The molecule has 1 aromatic heterocycles. The molecule has 0 amide bonds. The van der Waals surface area contributed by atoms with Crippen LogP contribution >= 0.6 is 11.8 Å². The van der Waals surface area contributed by atoms with Crippen LogP contribution in [0.1, 0.15) is 11.4 Å². The molecule has 7 nitrogen and oxygen atoms in total. The van der Waals surface area contributed by atoms with Crippen LogP contribution < -0.4 is 20.1 Å². The van der Waals surface area contributed by atoms with Crippen LogP contribution in [0.4, 0.5) is 0 Å². The quantitative estimate of drug-likeness (QED) is 0.344. The molecule has 0 bridgehead atoms. The third-order valence-electron chi connectivity index (χ3n) is 3.75. The summed E-state index contributed by atoms with van der Waals surface area (Å²) in [4.78, 5) is 0. The van der Waals surface area contributed by atoms with Crippen LogP contribution in [0.25, 0.3) is 0 Å². The molecule has 0 aliphatic carbocycles. The number of ether oxygens (including phenoxy) is 3. The van der Waals surface area contributed by atoms with Crippen molar-refractivity contribution in [3.8, 4) is 17.2 Å². The largest absolute Gasteiger partial charge is 0.497 e. The number of nitrogens with two attached hydrogens (primary N) is 1. The highest BCUT2D eigenvalue weighted by molar-refractivity contribution is 7.99. The van der Waals surface area contributed by atoms with Gasteiger partial charge in [-0.15, -0.1) is 10.2 Å². The third kappa shape index (κ3) is 5.30. The third-order valence-corrected chi connectivity index (χ3v) is 4.66. The first-order chi connectivity index (χ1) is 13.2. The van der Waals surface area contributed by atoms with Crippen molar-refractivity contribution in [1.82, 2.24) is 14.9 Å². The molecule has 142 valence electrons. The lowest BCUT2D eigenvalue weighted by molar-refractivity contribution is 0.289. The van der Waals surface area contributed by atoms with E-state index in [1.54, 1.807) is 13.2 Å². The molecule has 0 aliphatic rings. The summed E-state index contributed by atoms with van der Waals surface area (Å²) in [5.74, 6) is 9.57. The van der Waals surface area contributed by atoms with Crippen molar-refractivity contribution in [2.24, 2.45) is 0 Å². The molecule has 0 unspecified atom stereocenters. The van der Waals surface area contributed by atoms with E-state index in [1.165, 1.54) is 22.0 Å². The molecular weight excluding hydrogens is 364 g/mol. The summed E-state index contributed by atoms with van der Waals surface area (Å²) in [6.45, 7) is 2.82. The molecule has 0 atom stereocenters. The standard InChI is InChI=1S/C19H22N4O3S/c1-14-6-8-15(9-7-14)25-10-11-27-19-22-21-18(23(19)20)13-26-17-5-3-4-16(12-17)24-2/h3-9,12H,10-11,13,20H2,1-2H3. The van der Waals surface area contributed by atoms with E-state index in [0.29, 0.717) is 29.1 Å². The van der Waals surface area contributed by atoms with Crippen LogP contribution in [0.15, 0.2) is 53.7 Å². The molecule has 0 saturated carbocycles. The number of thioether (sulfide) groups is 1. The molecule has 0 radical (unpaired) electrons. The van der Waals surface area contributed by atoms with E-state index in [4.69, 9.17) is 20.1 Å². The first-order valence-corrected chi connectivity index (χ1v) is 9.43. The average Bonchev–Trinajstić information content (AvgIpc) is 3.05. The lowest BCUT2D eigenvalue weighted by Gasteiger charge is -2.08. The van der Waals surface area contributed by atoms with Crippen LogP contribution in [0, 0.1) is 6.92 Å². The minimum absolute atomic E-state index is 0.219. The number of nitrogen functional groups attached to an aromatic ring is 1. The molecule has 0 saturated heterocycles. The summed E-state index contributed by atoms with van der Waals surface area (Å²) in [5.41, 5.74) is 1.21. The Hall–Kier alpha value is -2.87. The summed E-state index contributed by atoms with van der Waals surface area (Å²) in [6, 6.07) is 15.3. The summed E-state index contributed by atoms with van der Waals surface area (Å²) >= 11 is 1.48. The lowest BCUT2D eigenvalue weighted by Crippen LogP contribution is -2.16. The van der Waals surface area contributed by atoms with Gasteiger partial charge in [0.15, 0.2) is 5.82 Å². The van der Waals surface area contributed by atoms with E-state index >= 15 is 0 Å². The van der Waals surface area contributed by atoms with E-state index in [-0.39, 0.29) is 6.61 Å². The maximum absolute atomic E-state index is 6.06. The van der Waals surface area contributed by atoms with Crippen LogP contribution in [0.3, 0.4) is 0 Å². The molecule has 3 aromatic rings. The van der Waals surface area contributed by atoms with Crippen LogP contribution in [-0.4, -0.2) is 34.3 Å². The highest BCUT2D eigenvalue weighted by Crippen LogP contribution is 2.21. The minimum atomic E-state index is 0.219. The number of hydrogen-bond donors (Lipinski definition) is 1. The first-order valence-electron chi connectivity index (χ1n) is 8.44. The number of methoxy groups -OCH3 is 1. The van der Waals surface area contributed by atoms with Gasteiger partial charge in [-0.25, -0.2) is 4.68 Å². The fraction of sp³-hybridized carbons (Fsp3) is 0.263. The topological polar surface area (TPSA) is 84.4 Å². The number of aryl methyl sites for hydroxylation is 1. The summed E-state index contributed by atoms with van der Waals surface area (Å²) in [6.07, 6.45) is 0. The van der Waals surface area contributed by atoms with Crippen molar-refractivity contribution in [2.45, 2.75) is 18.7 Å².